The fourth-order valence-corrected chi connectivity index (χ4v) is 2.12. The third-order valence-corrected chi connectivity index (χ3v) is 3.07. The van der Waals surface area contributed by atoms with Crippen molar-refractivity contribution >= 4 is 23.6 Å². The number of hydrogen-bond donors (Lipinski definition) is 2. The number of carbonyl (C=O) groups is 4. The number of imide groups is 2. The first kappa shape index (κ1) is 14.5. The predicted octanol–water partition coefficient (Wildman–Crippen LogP) is -1.06. The van der Waals surface area contributed by atoms with E-state index in [1.54, 1.807) is 0 Å². The molecule has 1 atom stereocenters. The molecule has 1 fully saturated rings. The van der Waals surface area contributed by atoms with E-state index in [2.05, 4.69) is 20.7 Å². The van der Waals surface area contributed by atoms with Gasteiger partial charge < -0.3 is 5.32 Å². The van der Waals surface area contributed by atoms with E-state index in [1.165, 1.54) is 0 Å². The fraction of sp³-hybridized carbons (Fsp3) is 0.455. The number of amides is 4. The Morgan fingerprint density at radius 2 is 2.19 bits per heavy atom. The molecule has 0 spiro atoms. The summed E-state index contributed by atoms with van der Waals surface area (Å²) in [6, 6.07) is -0.977. The van der Waals surface area contributed by atoms with Gasteiger partial charge in [-0.3, -0.25) is 29.4 Å². The lowest BCUT2D eigenvalue weighted by Crippen LogP contribution is -2.54. The molecule has 21 heavy (non-hydrogen) atoms. The molecule has 0 aromatic heterocycles. The highest BCUT2D eigenvalue weighted by atomic mass is 16.2. The maximum Gasteiger partial charge on any atom is 0.277 e. The zero-order valence-corrected chi connectivity index (χ0v) is 10.9. The van der Waals surface area contributed by atoms with Crippen LogP contribution in [0.5, 0.6) is 0 Å². The van der Waals surface area contributed by atoms with Crippen LogP contribution < -0.4 is 10.6 Å². The number of nitrogens with zero attached hydrogens (tertiary/aromatic N) is 4. The molecule has 1 saturated heterocycles. The summed E-state index contributed by atoms with van der Waals surface area (Å²) in [5.41, 5.74) is 8.17. The Hall–Kier alpha value is -2.87. The third kappa shape index (κ3) is 3.00. The van der Waals surface area contributed by atoms with Crippen LogP contribution in [0.3, 0.4) is 0 Å². The first-order chi connectivity index (χ1) is 10.0. The van der Waals surface area contributed by atoms with Gasteiger partial charge in [0.1, 0.15) is 11.7 Å². The molecule has 2 aliphatic heterocycles. The van der Waals surface area contributed by atoms with Crippen molar-refractivity contribution in [2.45, 2.75) is 18.9 Å². The van der Waals surface area contributed by atoms with Crippen molar-refractivity contribution < 1.29 is 19.2 Å². The summed E-state index contributed by atoms with van der Waals surface area (Å²) >= 11 is 0. The Balaban J connectivity index is 2.02. The van der Waals surface area contributed by atoms with E-state index in [0.29, 0.717) is 0 Å². The second-order valence-corrected chi connectivity index (χ2v) is 4.42. The first-order valence-electron chi connectivity index (χ1n) is 6.22. The van der Waals surface area contributed by atoms with Crippen LogP contribution in [0.2, 0.25) is 0 Å². The zero-order chi connectivity index (χ0) is 15.4. The highest BCUT2D eigenvalue weighted by molar-refractivity contribution is 6.18. The summed E-state index contributed by atoms with van der Waals surface area (Å²) in [7, 11) is 0. The second kappa shape index (κ2) is 6.06. The Morgan fingerprint density at radius 1 is 1.43 bits per heavy atom. The topological polar surface area (TPSA) is 144 Å². The Kier molecular flexibility index (Phi) is 4.19. The lowest BCUT2D eigenvalue weighted by molar-refractivity contribution is -0.149. The first-order valence-corrected chi connectivity index (χ1v) is 6.22. The minimum Gasteiger partial charge on any atom is -0.380 e. The monoisotopic (exact) mass is 292 g/mol. The zero-order valence-electron chi connectivity index (χ0n) is 10.9. The number of azide groups is 1. The summed E-state index contributed by atoms with van der Waals surface area (Å²) in [4.78, 5) is 50.1. The van der Waals surface area contributed by atoms with E-state index in [1.807, 2.05) is 0 Å². The van der Waals surface area contributed by atoms with Crippen molar-refractivity contribution in [3.05, 3.63) is 22.2 Å². The third-order valence-electron chi connectivity index (χ3n) is 3.07. The molecule has 0 radical (unpaired) electrons. The smallest absolute Gasteiger partial charge is 0.277 e. The quantitative estimate of drug-likeness (QED) is 0.218. The van der Waals surface area contributed by atoms with Crippen molar-refractivity contribution in [2.75, 3.05) is 13.1 Å². The van der Waals surface area contributed by atoms with Crippen LogP contribution in [0.15, 0.2) is 16.9 Å². The summed E-state index contributed by atoms with van der Waals surface area (Å²) in [5, 5.41) is 8.06. The molecule has 0 saturated carbocycles. The predicted molar refractivity (Wildman–Crippen MR) is 68.1 cm³/mol. The second-order valence-electron chi connectivity index (χ2n) is 4.42. The minimum absolute atomic E-state index is 0.0397. The van der Waals surface area contributed by atoms with Crippen molar-refractivity contribution in [3.8, 4) is 0 Å². The Morgan fingerprint density at radius 3 is 2.86 bits per heavy atom. The molecule has 2 aliphatic rings. The normalized spacial score (nSPS) is 21.8. The lowest BCUT2D eigenvalue weighted by atomic mass is 10.0. The number of hydrogen-bond acceptors (Lipinski definition) is 6. The van der Waals surface area contributed by atoms with E-state index in [9.17, 15) is 19.2 Å². The highest BCUT2D eigenvalue weighted by Crippen LogP contribution is 2.19. The molecule has 0 bridgehead atoms. The van der Waals surface area contributed by atoms with Crippen molar-refractivity contribution in [1.29, 1.82) is 0 Å². The SMILES string of the molecule is [N-]=[N+]=NCCNC1=CC(=O)N(C2CCC(=O)NC2=O)C1=O. The molecule has 4 amide bonds. The standard InChI is InChI=1S/C11H12N6O4/c12-16-14-4-3-13-6-5-9(19)17(11(6)21)7-1-2-8(18)15-10(7)20/h5,7,13H,1-4H2,(H,15,18,20). The van der Waals surface area contributed by atoms with Gasteiger partial charge in [0.05, 0.1) is 0 Å². The molecule has 10 heteroatoms. The van der Waals surface area contributed by atoms with Gasteiger partial charge in [-0.1, -0.05) is 5.11 Å². The Bertz CT molecular complexity index is 592. The molecular weight excluding hydrogens is 280 g/mol. The number of carbonyl (C=O) groups excluding carboxylic acids is 4. The van der Waals surface area contributed by atoms with E-state index < -0.39 is 29.7 Å². The van der Waals surface area contributed by atoms with E-state index >= 15 is 0 Å². The molecule has 0 aromatic carbocycles. The summed E-state index contributed by atoms with van der Waals surface area (Å²) in [5.74, 6) is -2.32. The van der Waals surface area contributed by atoms with Crippen LogP contribution in [0.25, 0.3) is 10.4 Å². The maximum atomic E-state index is 12.1. The van der Waals surface area contributed by atoms with Gasteiger partial charge in [-0.15, -0.1) is 0 Å². The van der Waals surface area contributed by atoms with Gasteiger partial charge in [-0.2, -0.15) is 0 Å². The van der Waals surface area contributed by atoms with Crippen LogP contribution in [0.4, 0.5) is 0 Å². The molecule has 2 N–H and O–H groups in total. The molecule has 110 valence electrons. The van der Waals surface area contributed by atoms with E-state index in [4.69, 9.17) is 5.53 Å². The molecule has 1 unspecified atom stereocenters. The molecule has 2 heterocycles. The van der Waals surface area contributed by atoms with Crippen LogP contribution >= 0.6 is 0 Å². The average molecular weight is 292 g/mol. The highest BCUT2D eigenvalue weighted by Gasteiger charge is 2.42. The average Bonchev–Trinajstić information content (AvgIpc) is 2.71. The largest absolute Gasteiger partial charge is 0.380 e. The minimum atomic E-state index is -0.977. The molecule has 0 aromatic rings. The van der Waals surface area contributed by atoms with Gasteiger partial charge in [-0.25, -0.2) is 0 Å². The van der Waals surface area contributed by atoms with Gasteiger partial charge in [0.2, 0.25) is 11.8 Å². The van der Waals surface area contributed by atoms with Gasteiger partial charge in [0.15, 0.2) is 0 Å². The van der Waals surface area contributed by atoms with Gasteiger partial charge in [0.25, 0.3) is 11.8 Å². The molecular formula is C11H12N6O4. The fourth-order valence-electron chi connectivity index (χ4n) is 2.12. The number of nitrogens with one attached hydrogen (secondary N) is 2. The Labute approximate surface area is 118 Å². The molecule has 2 rings (SSSR count). The maximum absolute atomic E-state index is 12.1. The lowest BCUT2D eigenvalue weighted by Gasteiger charge is -2.28. The van der Waals surface area contributed by atoms with Crippen molar-refractivity contribution in [2.24, 2.45) is 5.11 Å². The van der Waals surface area contributed by atoms with Crippen LogP contribution in [0.1, 0.15) is 12.8 Å². The van der Waals surface area contributed by atoms with E-state index in [0.717, 1.165) is 11.0 Å². The number of rotatable bonds is 5. The van der Waals surface area contributed by atoms with Gasteiger partial charge >= 0.3 is 0 Å². The van der Waals surface area contributed by atoms with Crippen LogP contribution in [-0.2, 0) is 19.2 Å². The van der Waals surface area contributed by atoms with Crippen LogP contribution in [0, 0.1) is 0 Å². The van der Waals surface area contributed by atoms with Crippen LogP contribution in [-0.4, -0.2) is 47.7 Å². The summed E-state index contributed by atoms with van der Waals surface area (Å²) < 4.78 is 0. The molecule has 10 nitrogen and oxygen atoms in total. The van der Waals surface area contributed by atoms with Gasteiger partial charge in [0, 0.05) is 30.5 Å². The van der Waals surface area contributed by atoms with Crippen molar-refractivity contribution in [3.63, 3.8) is 0 Å². The molecule has 0 aliphatic carbocycles. The summed E-state index contributed by atoms with van der Waals surface area (Å²) in [6.45, 7) is 0.311. The van der Waals surface area contributed by atoms with E-state index in [-0.39, 0.29) is 31.6 Å². The van der Waals surface area contributed by atoms with Crippen molar-refractivity contribution in [1.82, 2.24) is 15.5 Å². The number of piperidine rings is 1. The van der Waals surface area contributed by atoms with Gasteiger partial charge in [-0.05, 0) is 12.0 Å². The summed E-state index contributed by atoms with van der Waals surface area (Å²) in [6.07, 6.45) is 1.28.